The van der Waals surface area contributed by atoms with Gasteiger partial charge in [0.15, 0.2) is 0 Å². The molecular weight excluding hydrogens is 142 g/mol. The molecule has 1 heterocycles. The van der Waals surface area contributed by atoms with Crippen LogP contribution in [0, 0.1) is 5.92 Å². The third-order valence-electron chi connectivity index (χ3n) is 2.13. The summed E-state index contributed by atoms with van der Waals surface area (Å²) in [5.74, 6) is 0.378. The van der Waals surface area contributed by atoms with Crippen molar-refractivity contribution in [1.29, 1.82) is 0 Å². The minimum Gasteiger partial charge on any atom is -0.391 e. The first-order valence-corrected chi connectivity index (χ1v) is 4.08. The maximum atomic E-state index is 10.9. The zero-order chi connectivity index (χ0) is 8.43. The first-order chi connectivity index (χ1) is 5.11. The van der Waals surface area contributed by atoms with Gasteiger partial charge in [-0.05, 0) is 12.3 Å². The molecule has 1 aliphatic rings. The number of amides is 1. The lowest BCUT2D eigenvalue weighted by Crippen LogP contribution is -2.50. The lowest BCUT2D eigenvalue weighted by Gasteiger charge is -2.31. The van der Waals surface area contributed by atoms with Crippen LogP contribution in [-0.2, 0) is 4.79 Å². The first kappa shape index (κ1) is 8.53. The number of rotatable bonds is 1. The van der Waals surface area contributed by atoms with E-state index >= 15 is 0 Å². The number of hydrogen-bond acceptors (Lipinski definition) is 2. The van der Waals surface area contributed by atoms with Crippen LogP contribution in [0.5, 0.6) is 0 Å². The average Bonchev–Trinajstić information content (AvgIpc) is 1.94. The van der Waals surface area contributed by atoms with Crippen LogP contribution >= 0.6 is 0 Å². The van der Waals surface area contributed by atoms with Crippen molar-refractivity contribution in [3.8, 4) is 0 Å². The van der Waals surface area contributed by atoms with E-state index in [9.17, 15) is 9.90 Å². The summed E-state index contributed by atoms with van der Waals surface area (Å²) in [6, 6.07) is -0.0451. The standard InChI is InChI=1S/C8H15NO2/c1-5(2)8-6(10)3-4-7(11)9-8/h5-6,8,10H,3-4H2,1-2H3,(H,9,11)/t6-,8+/m1/s1. The van der Waals surface area contributed by atoms with Crippen molar-refractivity contribution in [3.63, 3.8) is 0 Å². The second-order valence-corrected chi connectivity index (χ2v) is 3.44. The van der Waals surface area contributed by atoms with Crippen molar-refractivity contribution >= 4 is 5.91 Å². The highest BCUT2D eigenvalue weighted by Gasteiger charge is 2.28. The van der Waals surface area contributed by atoms with E-state index in [4.69, 9.17) is 0 Å². The van der Waals surface area contributed by atoms with E-state index in [1.165, 1.54) is 0 Å². The molecule has 1 fully saturated rings. The molecule has 11 heavy (non-hydrogen) atoms. The van der Waals surface area contributed by atoms with Gasteiger partial charge in [0.05, 0.1) is 12.1 Å². The fourth-order valence-electron chi connectivity index (χ4n) is 1.42. The molecule has 0 saturated carbocycles. The van der Waals surface area contributed by atoms with Crippen molar-refractivity contribution in [2.45, 2.75) is 38.8 Å². The van der Waals surface area contributed by atoms with Crippen molar-refractivity contribution in [2.24, 2.45) is 5.92 Å². The Morgan fingerprint density at radius 2 is 2.27 bits per heavy atom. The maximum absolute atomic E-state index is 10.9. The predicted molar refractivity (Wildman–Crippen MR) is 42.0 cm³/mol. The molecule has 1 amide bonds. The van der Waals surface area contributed by atoms with Crippen LogP contribution in [-0.4, -0.2) is 23.2 Å². The molecule has 3 heteroatoms. The number of nitrogens with one attached hydrogen (secondary N) is 1. The van der Waals surface area contributed by atoms with E-state index in [2.05, 4.69) is 5.32 Å². The van der Waals surface area contributed by atoms with E-state index in [-0.39, 0.29) is 18.1 Å². The van der Waals surface area contributed by atoms with Crippen LogP contribution in [0.25, 0.3) is 0 Å². The van der Waals surface area contributed by atoms with Gasteiger partial charge >= 0.3 is 0 Å². The Bertz CT molecular complexity index is 156. The smallest absolute Gasteiger partial charge is 0.220 e. The van der Waals surface area contributed by atoms with Crippen LogP contribution < -0.4 is 5.32 Å². The highest BCUT2D eigenvalue weighted by Crippen LogP contribution is 2.15. The molecule has 0 aromatic carbocycles. The molecule has 3 nitrogen and oxygen atoms in total. The summed E-state index contributed by atoms with van der Waals surface area (Å²) in [5.41, 5.74) is 0. The molecule has 1 rings (SSSR count). The van der Waals surface area contributed by atoms with Crippen LogP contribution in [0.2, 0.25) is 0 Å². The zero-order valence-corrected chi connectivity index (χ0v) is 7.00. The molecule has 0 unspecified atom stereocenters. The summed E-state index contributed by atoms with van der Waals surface area (Å²) in [7, 11) is 0. The summed E-state index contributed by atoms with van der Waals surface area (Å²) in [6.07, 6.45) is 0.715. The van der Waals surface area contributed by atoms with Gasteiger partial charge in [-0.2, -0.15) is 0 Å². The summed E-state index contributed by atoms with van der Waals surface area (Å²) in [6.45, 7) is 4.00. The van der Waals surface area contributed by atoms with Crippen LogP contribution in [0.4, 0.5) is 0 Å². The van der Waals surface area contributed by atoms with Gasteiger partial charge in [-0.15, -0.1) is 0 Å². The van der Waals surface area contributed by atoms with E-state index in [1.54, 1.807) is 0 Å². The number of aliphatic hydroxyl groups excluding tert-OH is 1. The maximum Gasteiger partial charge on any atom is 0.220 e. The fourth-order valence-corrected chi connectivity index (χ4v) is 1.42. The minimum atomic E-state index is -0.354. The monoisotopic (exact) mass is 157 g/mol. The van der Waals surface area contributed by atoms with E-state index in [0.717, 1.165) is 0 Å². The van der Waals surface area contributed by atoms with E-state index in [0.29, 0.717) is 18.8 Å². The third kappa shape index (κ3) is 1.93. The molecule has 0 aromatic rings. The number of carbonyl (C=O) groups excluding carboxylic acids is 1. The lowest BCUT2D eigenvalue weighted by molar-refractivity contribution is -0.126. The Morgan fingerprint density at radius 1 is 1.64 bits per heavy atom. The third-order valence-corrected chi connectivity index (χ3v) is 2.13. The molecule has 2 atom stereocenters. The van der Waals surface area contributed by atoms with Gasteiger partial charge in [0.25, 0.3) is 0 Å². The van der Waals surface area contributed by atoms with E-state index < -0.39 is 0 Å². The highest BCUT2D eigenvalue weighted by atomic mass is 16.3. The largest absolute Gasteiger partial charge is 0.391 e. The van der Waals surface area contributed by atoms with Gasteiger partial charge in [0.1, 0.15) is 0 Å². The number of aliphatic hydroxyl groups is 1. The molecular formula is C8H15NO2. The van der Waals surface area contributed by atoms with E-state index in [1.807, 2.05) is 13.8 Å². The number of carbonyl (C=O) groups is 1. The Hall–Kier alpha value is -0.570. The predicted octanol–water partition coefficient (Wildman–Crippen LogP) is 0.282. The van der Waals surface area contributed by atoms with Crippen LogP contribution in [0.3, 0.4) is 0 Å². The molecule has 1 aliphatic heterocycles. The average molecular weight is 157 g/mol. The van der Waals surface area contributed by atoms with Gasteiger partial charge in [-0.25, -0.2) is 0 Å². The van der Waals surface area contributed by atoms with Crippen molar-refractivity contribution < 1.29 is 9.90 Å². The van der Waals surface area contributed by atoms with Gasteiger partial charge in [-0.3, -0.25) is 4.79 Å². The Kier molecular flexibility index (Phi) is 2.49. The van der Waals surface area contributed by atoms with Crippen molar-refractivity contribution in [2.75, 3.05) is 0 Å². The number of piperidine rings is 1. The highest BCUT2D eigenvalue weighted by molar-refractivity contribution is 5.77. The molecule has 0 aliphatic carbocycles. The fraction of sp³-hybridized carbons (Fsp3) is 0.875. The normalized spacial score (nSPS) is 32.2. The lowest BCUT2D eigenvalue weighted by atomic mass is 9.92. The number of hydrogen-bond donors (Lipinski definition) is 2. The first-order valence-electron chi connectivity index (χ1n) is 4.08. The summed E-state index contributed by atoms with van der Waals surface area (Å²) in [5, 5.41) is 12.2. The van der Waals surface area contributed by atoms with Crippen LogP contribution in [0.15, 0.2) is 0 Å². The summed E-state index contributed by atoms with van der Waals surface area (Å²) >= 11 is 0. The van der Waals surface area contributed by atoms with Gasteiger partial charge < -0.3 is 10.4 Å². The molecule has 2 N–H and O–H groups in total. The molecule has 0 bridgehead atoms. The SMILES string of the molecule is CC(C)[C@@H]1NC(=O)CC[C@H]1O. The Balaban J connectivity index is 2.54. The Morgan fingerprint density at radius 3 is 2.73 bits per heavy atom. The molecule has 0 radical (unpaired) electrons. The van der Waals surface area contributed by atoms with Crippen molar-refractivity contribution in [3.05, 3.63) is 0 Å². The van der Waals surface area contributed by atoms with Gasteiger partial charge in [-0.1, -0.05) is 13.8 Å². The quantitative estimate of drug-likeness (QED) is 0.574. The van der Waals surface area contributed by atoms with Gasteiger partial charge in [0.2, 0.25) is 5.91 Å². The summed E-state index contributed by atoms with van der Waals surface area (Å²) in [4.78, 5) is 10.9. The zero-order valence-electron chi connectivity index (χ0n) is 7.00. The van der Waals surface area contributed by atoms with Crippen LogP contribution in [0.1, 0.15) is 26.7 Å². The molecule has 0 aromatic heterocycles. The molecule has 64 valence electrons. The van der Waals surface area contributed by atoms with Crippen molar-refractivity contribution in [1.82, 2.24) is 5.32 Å². The Labute approximate surface area is 66.8 Å². The topological polar surface area (TPSA) is 49.3 Å². The second kappa shape index (κ2) is 3.22. The molecule has 1 saturated heterocycles. The van der Waals surface area contributed by atoms with Gasteiger partial charge in [0, 0.05) is 6.42 Å². The summed E-state index contributed by atoms with van der Waals surface area (Å²) < 4.78 is 0. The second-order valence-electron chi connectivity index (χ2n) is 3.44. The molecule has 0 spiro atoms. The minimum absolute atomic E-state index is 0.0451.